The van der Waals surface area contributed by atoms with E-state index in [2.05, 4.69) is 0 Å². The molecule has 0 spiro atoms. The smallest absolute Gasteiger partial charge is 0.295 e. The van der Waals surface area contributed by atoms with Crippen LogP contribution >= 0.6 is 0 Å². The minimum Gasteiger partial charge on any atom is -0.295 e. The molecule has 0 amide bonds. The van der Waals surface area contributed by atoms with Gasteiger partial charge in [-0.1, -0.05) is 18.1 Å². The van der Waals surface area contributed by atoms with Gasteiger partial charge in [-0.3, -0.25) is 4.79 Å². The Morgan fingerprint density at radius 3 is 2.13 bits per heavy atom. The molecule has 0 radical (unpaired) electrons. The summed E-state index contributed by atoms with van der Waals surface area (Å²) in [6.45, 7) is 1.39. The van der Waals surface area contributed by atoms with Gasteiger partial charge in [0.05, 0.1) is 0 Å². The summed E-state index contributed by atoms with van der Waals surface area (Å²) in [5.41, 5.74) is 0.685. The molecule has 0 unspecified atom stereocenters. The van der Waals surface area contributed by atoms with Crippen molar-refractivity contribution in [3.05, 3.63) is 35.4 Å². The van der Waals surface area contributed by atoms with Gasteiger partial charge in [0.2, 0.25) is 0 Å². The second kappa shape index (κ2) is 4.18. The average molecular weight is 212 g/mol. The van der Waals surface area contributed by atoms with Gasteiger partial charge in [-0.25, -0.2) is 0 Å². The zero-order valence-electron chi connectivity index (χ0n) is 7.85. The minimum atomic E-state index is -4.49. The van der Waals surface area contributed by atoms with Crippen molar-refractivity contribution in [3.63, 3.8) is 0 Å². The lowest BCUT2D eigenvalue weighted by Crippen LogP contribution is -2.01. The number of hydrogen-bond acceptors (Lipinski definition) is 1. The van der Waals surface area contributed by atoms with Gasteiger partial charge in [-0.05, 0) is 19.1 Å². The van der Waals surface area contributed by atoms with Crippen LogP contribution in [0.3, 0.4) is 0 Å². The molecule has 1 aromatic rings. The van der Waals surface area contributed by atoms with E-state index in [1.54, 1.807) is 0 Å². The highest BCUT2D eigenvalue weighted by Gasteiger charge is 2.22. The highest BCUT2D eigenvalue weighted by Crippen LogP contribution is 2.12. The van der Waals surface area contributed by atoms with E-state index >= 15 is 0 Å². The number of benzene rings is 1. The van der Waals surface area contributed by atoms with E-state index in [1.807, 2.05) is 5.92 Å². The van der Waals surface area contributed by atoms with E-state index in [4.69, 9.17) is 0 Å². The fourth-order valence-corrected chi connectivity index (χ4v) is 0.931. The Hall–Kier alpha value is -1.76. The van der Waals surface area contributed by atoms with E-state index in [0.29, 0.717) is 5.56 Å². The third-order valence-corrected chi connectivity index (χ3v) is 1.64. The van der Waals surface area contributed by atoms with Crippen molar-refractivity contribution in [1.82, 2.24) is 0 Å². The summed E-state index contributed by atoms with van der Waals surface area (Å²) in [6.07, 6.45) is -4.49. The number of rotatable bonds is 1. The molecule has 0 aromatic heterocycles. The molecule has 0 aliphatic rings. The summed E-state index contributed by atoms with van der Waals surface area (Å²) in [7, 11) is 0. The molecule has 0 saturated heterocycles. The molecule has 0 fully saturated rings. The largest absolute Gasteiger partial charge is 0.458 e. The van der Waals surface area contributed by atoms with E-state index in [9.17, 15) is 18.0 Å². The first-order chi connectivity index (χ1) is 6.88. The average Bonchev–Trinajstić information content (AvgIpc) is 2.14. The molecule has 0 bridgehead atoms. The predicted molar refractivity (Wildman–Crippen MR) is 49.4 cm³/mol. The maximum Gasteiger partial charge on any atom is 0.458 e. The summed E-state index contributed by atoms with van der Waals surface area (Å²) in [5.74, 6) is 2.98. The number of carbonyl (C=O) groups excluding carboxylic acids is 1. The van der Waals surface area contributed by atoms with Crippen molar-refractivity contribution < 1.29 is 18.0 Å². The number of halogens is 3. The van der Waals surface area contributed by atoms with Crippen LogP contribution in [0.4, 0.5) is 13.2 Å². The molecule has 0 N–H and O–H groups in total. The number of Topliss-reactive ketones (excluding diaryl/α,β-unsaturated/α-hetero) is 1. The minimum absolute atomic E-state index is 0.134. The molecule has 1 nitrogen and oxygen atoms in total. The van der Waals surface area contributed by atoms with Crippen molar-refractivity contribution in [2.24, 2.45) is 0 Å². The first kappa shape index (κ1) is 11.3. The van der Waals surface area contributed by atoms with Crippen LogP contribution in [0.25, 0.3) is 0 Å². The molecule has 4 heteroatoms. The Morgan fingerprint density at radius 2 is 1.73 bits per heavy atom. The Kier molecular flexibility index (Phi) is 3.15. The normalized spacial score (nSPS) is 10.4. The number of hydrogen-bond donors (Lipinski definition) is 0. The maximum atomic E-state index is 11.7. The molecule has 0 heterocycles. The third kappa shape index (κ3) is 3.86. The summed E-state index contributed by atoms with van der Waals surface area (Å²) < 4.78 is 35.2. The maximum absolute atomic E-state index is 11.7. The Balaban J connectivity index is 2.89. The van der Waals surface area contributed by atoms with E-state index in [0.717, 1.165) is 5.92 Å². The van der Waals surface area contributed by atoms with Crippen molar-refractivity contribution in [2.45, 2.75) is 13.1 Å². The number of ketones is 1. The number of carbonyl (C=O) groups is 1. The zero-order valence-corrected chi connectivity index (χ0v) is 7.85. The quantitative estimate of drug-likeness (QED) is 0.516. The fraction of sp³-hybridized carbons (Fsp3) is 0.182. The summed E-state index contributed by atoms with van der Waals surface area (Å²) in [6, 6.07) is 5.66. The first-order valence-electron chi connectivity index (χ1n) is 4.09. The Bertz CT molecular complexity index is 418. The lowest BCUT2D eigenvalue weighted by atomic mass is 10.1. The molecule has 15 heavy (non-hydrogen) atoms. The SMILES string of the molecule is CC(=O)c1ccc(C#CC(F)(F)F)cc1. The van der Waals surface area contributed by atoms with Gasteiger partial charge in [0.15, 0.2) is 5.78 Å². The van der Waals surface area contributed by atoms with E-state index in [-0.39, 0.29) is 11.3 Å². The predicted octanol–water partition coefficient (Wildman–Crippen LogP) is 2.80. The van der Waals surface area contributed by atoms with Crippen LogP contribution in [0.15, 0.2) is 24.3 Å². The number of alkyl halides is 3. The second-order valence-corrected chi connectivity index (χ2v) is 2.88. The van der Waals surface area contributed by atoms with Crippen molar-refractivity contribution in [2.75, 3.05) is 0 Å². The van der Waals surface area contributed by atoms with Crippen LogP contribution in [-0.2, 0) is 0 Å². The molecule has 0 atom stereocenters. The molecule has 0 aliphatic heterocycles. The van der Waals surface area contributed by atoms with Gasteiger partial charge in [0.1, 0.15) is 0 Å². The van der Waals surface area contributed by atoms with Crippen LogP contribution in [0, 0.1) is 11.8 Å². The van der Waals surface area contributed by atoms with Gasteiger partial charge < -0.3 is 0 Å². The van der Waals surface area contributed by atoms with Crippen LogP contribution in [0.2, 0.25) is 0 Å². The molecule has 78 valence electrons. The molecule has 0 aliphatic carbocycles. The van der Waals surface area contributed by atoms with E-state index < -0.39 is 6.18 Å². The third-order valence-electron chi connectivity index (χ3n) is 1.64. The van der Waals surface area contributed by atoms with Crippen LogP contribution in [0.5, 0.6) is 0 Å². The lowest BCUT2D eigenvalue weighted by Gasteiger charge is -1.95. The van der Waals surface area contributed by atoms with Gasteiger partial charge in [0, 0.05) is 17.0 Å². The summed E-state index contributed by atoms with van der Waals surface area (Å²) in [5, 5.41) is 0. The van der Waals surface area contributed by atoms with Crippen LogP contribution in [0.1, 0.15) is 22.8 Å². The monoisotopic (exact) mass is 212 g/mol. The van der Waals surface area contributed by atoms with Gasteiger partial charge in [0.25, 0.3) is 0 Å². The standard InChI is InChI=1S/C11H7F3O/c1-8(15)10-4-2-9(3-5-10)6-7-11(12,13)14/h2-5H,1H3. The molecule has 1 rings (SSSR count). The van der Waals surface area contributed by atoms with Crippen LogP contribution in [-0.4, -0.2) is 12.0 Å². The van der Waals surface area contributed by atoms with Gasteiger partial charge >= 0.3 is 6.18 Å². The van der Waals surface area contributed by atoms with E-state index in [1.165, 1.54) is 31.2 Å². The first-order valence-corrected chi connectivity index (χ1v) is 4.09. The van der Waals surface area contributed by atoms with Gasteiger partial charge in [-0.15, -0.1) is 0 Å². The zero-order chi connectivity index (χ0) is 11.5. The van der Waals surface area contributed by atoms with Gasteiger partial charge in [-0.2, -0.15) is 13.2 Å². The van der Waals surface area contributed by atoms with Crippen molar-refractivity contribution in [3.8, 4) is 11.8 Å². The second-order valence-electron chi connectivity index (χ2n) is 2.88. The highest BCUT2D eigenvalue weighted by atomic mass is 19.4. The molecule has 1 aromatic carbocycles. The molecular weight excluding hydrogens is 205 g/mol. The van der Waals surface area contributed by atoms with Crippen molar-refractivity contribution in [1.29, 1.82) is 0 Å². The Morgan fingerprint density at radius 1 is 1.20 bits per heavy atom. The highest BCUT2D eigenvalue weighted by molar-refractivity contribution is 5.94. The summed E-state index contributed by atoms with van der Waals surface area (Å²) in [4.78, 5) is 10.9. The molecule has 0 saturated carbocycles. The van der Waals surface area contributed by atoms with Crippen molar-refractivity contribution >= 4 is 5.78 Å². The topological polar surface area (TPSA) is 17.1 Å². The molecular formula is C11H7F3O. The summed E-state index contributed by atoms with van der Waals surface area (Å²) >= 11 is 0. The fourth-order valence-electron chi connectivity index (χ4n) is 0.931. The Labute approximate surface area is 84.9 Å². The van der Waals surface area contributed by atoms with Crippen LogP contribution < -0.4 is 0 Å². The lowest BCUT2D eigenvalue weighted by molar-refractivity contribution is -0.0696.